The van der Waals surface area contributed by atoms with Gasteiger partial charge in [-0.15, -0.1) is 0 Å². The van der Waals surface area contributed by atoms with Crippen LogP contribution in [-0.4, -0.2) is 21.3 Å². The summed E-state index contributed by atoms with van der Waals surface area (Å²) in [5, 5.41) is 0. The summed E-state index contributed by atoms with van der Waals surface area (Å²) < 4.78 is 18.6. The average molecular weight is 571 g/mol. The standard InChI is InChI=1S/C39H54O3/c1-37(2,3)31-19-25-13-15-27-21-32(38(4,5)6)23-29(35(27)41-11)17-18-30-24-33(39(7,8)9)22-28(36(30)42-12)16-14-26(20-31)34(25)40-10/h19-24H,13-18H2,1-12H3. The molecule has 3 nitrogen and oxygen atoms in total. The molecule has 4 rings (SSSR count). The third kappa shape index (κ3) is 6.82. The van der Waals surface area contributed by atoms with Gasteiger partial charge in [-0.05, 0) is 105 Å². The van der Waals surface area contributed by atoms with Gasteiger partial charge in [-0.3, -0.25) is 0 Å². The molecule has 0 heterocycles. The van der Waals surface area contributed by atoms with Crippen molar-refractivity contribution in [2.45, 2.75) is 117 Å². The molecule has 0 N–H and O–H groups in total. The fraction of sp³-hybridized carbons (Fsp3) is 0.538. The Morgan fingerprint density at radius 1 is 0.357 bits per heavy atom. The monoisotopic (exact) mass is 570 g/mol. The maximum atomic E-state index is 6.19. The summed E-state index contributed by atoms with van der Waals surface area (Å²) in [5.41, 5.74) is 11.8. The molecule has 0 fully saturated rings. The van der Waals surface area contributed by atoms with Gasteiger partial charge in [-0.2, -0.15) is 0 Å². The molecule has 0 saturated carbocycles. The first-order chi connectivity index (χ1) is 19.6. The molecule has 42 heavy (non-hydrogen) atoms. The smallest absolute Gasteiger partial charge is 0.125 e. The maximum Gasteiger partial charge on any atom is 0.125 e. The lowest BCUT2D eigenvalue weighted by Crippen LogP contribution is -2.15. The van der Waals surface area contributed by atoms with Crippen LogP contribution >= 0.6 is 0 Å². The first-order valence-electron chi connectivity index (χ1n) is 15.7. The van der Waals surface area contributed by atoms with E-state index < -0.39 is 0 Å². The summed E-state index contributed by atoms with van der Waals surface area (Å²) in [6.45, 7) is 20.7. The molecule has 3 heteroatoms. The molecular weight excluding hydrogens is 516 g/mol. The van der Waals surface area contributed by atoms with E-state index in [0.29, 0.717) is 0 Å². The van der Waals surface area contributed by atoms with Gasteiger partial charge in [0.2, 0.25) is 0 Å². The number of hydrogen-bond donors (Lipinski definition) is 0. The predicted molar refractivity (Wildman–Crippen MR) is 177 cm³/mol. The number of benzene rings is 3. The molecular formula is C39H54O3. The van der Waals surface area contributed by atoms with Gasteiger partial charge >= 0.3 is 0 Å². The van der Waals surface area contributed by atoms with Crippen molar-refractivity contribution in [1.29, 1.82) is 0 Å². The molecule has 0 aliphatic heterocycles. The zero-order valence-corrected chi connectivity index (χ0v) is 28.4. The molecule has 0 unspecified atom stereocenters. The summed E-state index contributed by atoms with van der Waals surface area (Å²) in [4.78, 5) is 0. The highest BCUT2D eigenvalue weighted by Crippen LogP contribution is 2.39. The van der Waals surface area contributed by atoms with Crippen LogP contribution in [0.15, 0.2) is 36.4 Å². The Kier molecular flexibility index (Phi) is 9.12. The third-order valence-electron chi connectivity index (χ3n) is 8.93. The number of rotatable bonds is 3. The Morgan fingerprint density at radius 3 is 0.643 bits per heavy atom. The van der Waals surface area contributed by atoms with Crippen LogP contribution in [0.3, 0.4) is 0 Å². The normalized spacial score (nSPS) is 14.6. The molecule has 3 aromatic carbocycles. The molecule has 0 amide bonds. The number of ether oxygens (including phenoxy) is 3. The summed E-state index contributed by atoms with van der Waals surface area (Å²) in [5.74, 6) is 3.07. The fourth-order valence-electron chi connectivity index (χ4n) is 6.27. The molecule has 1 aliphatic rings. The van der Waals surface area contributed by atoms with Crippen molar-refractivity contribution in [3.63, 3.8) is 0 Å². The van der Waals surface area contributed by atoms with E-state index in [-0.39, 0.29) is 16.2 Å². The second-order valence-corrected chi connectivity index (χ2v) is 15.2. The molecule has 0 radical (unpaired) electrons. The number of hydrogen-bond acceptors (Lipinski definition) is 3. The Morgan fingerprint density at radius 2 is 0.524 bits per heavy atom. The molecule has 0 spiro atoms. The fourth-order valence-corrected chi connectivity index (χ4v) is 6.27. The van der Waals surface area contributed by atoms with Crippen molar-refractivity contribution in [2.75, 3.05) is 21.3 Å². The average Bonchev–Trinajstić information content (AvgIpc) is 2.90. The topological polar surface area (TPSA) is 27.7 Å². The minimum absolute atomic E-state index is 0.0344. The Hall–Kier alpha value is -2.94. The van der Waals surface area contributed by atoms with E-state index in [2.05, 4.69) is 98.7 Å². The van der Waals surface area contributed by atoms with Crippen LogP contribution in [0.2, 0.25) is 0 Å². The highest BCUT2D eigenvalue weighted by molar-refractivity contribution is 5.53. The predicted octanol–water partition coefficient (Wildman–Crippen LogP) is 9.27. The zero-order chi connectivity index (χ0) is 31.0. The van der Waals surface area contributed by atoms with Crippen LogP contribution in [0.1, 0.15) is 112 Å². The highest BCUT2D eigenvalue weighted by atomic mass is 16.5. The number of methoxy groups -OCH3 is 3. The van der Waals surface area contributed by atoms with Crippen molar-refractivity contribution >= 4 is 0 Å². The number of aryl methyl sites for hydroxylation is 6. The minimum atomic E-state index is 0.0344. The summed E-state index contributed by atoms with van der Waals surface area (Å²) in [7, 11) is 5.47. The van der Waals surface area contributed by atoms with Crippen molar-refractivity contribution in [1.82, 2.24) is 0 Å². The second-order valence-electron chi connectivity index (χ2n) is 15.2. The SMILES string of the molecule is COc1c2cc(C(C)(C)C)cc1CCc1cc(C(C)(C)C)cc(c1OC)CCc1cc(C(C)(C)C)cc(c1OC)CC2. The van der Waals surface area contributed by atoms with Gasteiger partial charge in [0.15, 0.2) is 0 Å². The first-order valence-corrected chi connectivity index (χ1v) is 15.7. The van der Waals surface area contributed by atoms with Crippen LogP contribution in [0, 0.1) is 0 Å². The largest absolute Gasteiger partial charge is 0.496 e. The van der Waals surface area contributed by atoms with E-state index >= 15 is 0 Å². The van der Waals surface area contributed by atoms with E-state index in [1.54, 1.807) is 0 Å². The van der Waals surface area contributed by atoms with E-state index in [0.717, 1.165) is 55.8 Å². The first kappa shape index (κ1) is 32.0. The van der Waals surface area contributed by atoms with Crippen LogP contribution in [0.25, 0.3) is 0 Å². The Balaban J connectivity index is 2.03. The summed E-state index contributed by atoms with van der Waals surface area (Å²) in [6.07, 6.45) is 5.39. The molecule has 0 aromatic heterocycles. The van der Waals surface area contributed by atoms with E-state index in [1.807, 2.05) is 21.3 Å². The summed E-state index contributed by atoms with van der Waals surface area (Å²) in [6, 6.07) is 14.3. The third-order valence-corrected chi connectivity index (χ3v) is 8.93. The molecule has 0 saturated heterocycles. The lowest BCUT2D eigenvalue weighted by Gasteiger charge is -2.25. The zero-order valence-electron chi connectivity index (χ0n) is 28.4. The molecule has 3 aromatic rings. The van der Waals surface area contributed by atoms with Gasteiger partial charge < -0.3 is 14.2 Å². The van der Waals surface area contributed by atoms with Crippen LogP contribution in [-0.2, 0) is 54.8 Å². The van der Waals surface area contributed by atoms with Crippen LogP contribution < -0.4 is 14.2 Å². The van der Waals surface area contributed by atoms with E-state index in [4.69, 9.17) is 14.2 Å². The van der Waals surface area contributed by atoms with Gasteiger partial charge in [-0.1, -0.05) is 98.7 Å². The van der Waals surface area contributed by atoms with E-state index in [9.17, 15) is 0 Å². The molecule has 228 valence electrons. The Labute approximate surface area is 256 Å². The van der Waals surface area contributed by atoms with Crippen molar-refractivity contribution in [3.8, 4) is 17.2 Å². The molecule has 6 bridgehead atoms. The van der Waals surface area contributed by atoms with Gasteiger partial charge in [0.1, 0.15) is 17.2 Å². The highest BCUT2D eigenvalue weighted by Gasteiger charge is 2.25. The molecule has 0 atom stereocenters. The minimum Gasteiger partial charge on any atom is -0.496 e. The summed E-state index contributed by atoms with van der Waals surface area (Å²) >= 11 is 0. The maximum absolute atomic E-state index is 6.19. The lowest BCUT2D eigenvalue weighted by atomic mass is 9.82. The van der Waals surface area contributed by atoms with Crippen molar-refractivity contribution < 1.29 is 14.2 Å². The van der Waals surface area contributed by atoms with Gasteiger partial charge in [0.05, 0.1) is 21.3 Å². The molecule has 1 aliphatic carbocycles. The number of fused-ring (bicyclic) bond motifs is 6. The van der Waals surface area contributed by atoms with Gasteiger partial charge in [-0.25, -0.2) is 0 Å². The van der Waals surface area contributed by atoms with Crippen LogP contribution in [0.5, 0.6) is 17.2 Å². The lowest BCUT2D eigenvalue weighted by molar-refractivity contribution is 0.399. The van der Waals surface area contributed by atoms with Crippen LogP contribution in [0.4, 0.5) is 0 Å². The van der Waals surface area contributed by atoms with Gasteiger partial charge in [0.25, 0.3) is 0 Å². The van der Waals surface area contributed by atoms with E-state index in [1.165, 1.54) is 50.1 Å². The Bertz CT molecular complexity index is 1170. The van der Waals surface area contributed by atoms with Crippen molar-refractivity contribution in [2.24, 2.45) is 0 Å². The quantitative estimate of drug-likeness (QED) is 0.314. The van der Waals surface area contributed by atoms with Crippen molar-refractivity contribution in [3.05, 3.63) is 86.5 Å². The second kappa shape index (κ2) is 12.0. The van der Waals surface area contributed by atoms with Gasteiger partial charge in [0, 0.05) is 0 Å².